The van der Waals surface area contributed by atoms with Crippen molar-refractivity contribution in [3.63, 3.8) is 0 Å². The highest BCUT2D eigenvalue weighted by molar-refractivity contribution is 6.11. The molecular formula is C26H27N5O3. The number of amides is 2. The number of aromatic nitrogens is 3. The number of carbonyl (C=O) groups is 2. The van der Waals surface area contributed by atoms with Gasteiger partial charge in [0.05, 0.1) is 29.4 Å². The minimum absolute atomic E-state index is 0.234. The van der Waals surface area contributed by atoms with Gasteiger partial charge in [-0.25, -0.2) is 4.98 Å². The topological polar surface area (TPSA) is 98.1 Å². The molecule has 2 heterocycles. The number of rotatable bonds is 8. The van der Waals surface area contributed by atoms with E-state index in [0.29, 0.717) is 41.0 Å². The van der Waals surface area contributed by atoms with Gasteiger partial charge in [0.25, 0.3) is 11.8 Å². The van der Waals surface area contributed by atoms with Crippen molar-refractivity contribution in [1.82, 2.24) is 19.9 Å². The summed E-state index contributed by atoms with van der Waals surface area (Å²) in [5, 5.41) is 5.91. The van der Waals surface area contributed by atoms with E-state index in [1.807, 2.05) is 30.7 Å². The number of pyridine rings is 1. The molecule has 0 aliphatic heterocycles. The average Bonchev–Trinajstić information content (AvgIpc) is 3.20. The highest BCUT2D eigenvalue weighted by Crippen LogP contribution is 2.28. The molecule has 174 valence electrons. The molecule has 0 spiro atoms. The van der Waals surface area contributed by atoms with Gasteiger partial charge < -0.3 is 19.9 Å². The zero-order chi connectivity index (χ0) is 24.1. The number of methoxy groups -OCH3 is 1. The normalized spacial score (nSPS) is 10.8. The van der Waals surface area contributed by atoms with Crippen LogP contribution in [-0.4, -0.2) is 40.0 Å². The van der Waals surface area contributed by atoms with Gasteiger partial charge in [-0.3, -0.25) is 14.6 Å². The Morgan fingerprint density at radius 1 is 1.09 bits per heavy atom. The summed E-state index contributed by atoms with van der Waals surface area (Å²) in [6.07, 6.45) is 4.89. The molecule has 8 nitrogen and oxygen atoms in total. The number of nitrogens with one attached hydrogen (secondary N) is 2. The van der Waals surface area contributed by atoms with Gasteiger partial charge >= 0.3 is 0 Å². The zero-order valence-electron chi connectivity index (χ0n) is 19.5. The van der Waals surface area contributed by atoms with Crippen LogP contribution in [-0.2, 0) is 19.9 Å². The summed E-state index contributed by atoms with van der Waals surface area (Å²) in [7, 11) is 3.43. The van der Waals surface area contributed by atoms with Crippen LogP contribution in [0.5, 0.6) is 5.75 Å². The summed E-state index contributed by atoms with van der Waals surface area (Å²) in [5.74, 6) is 0.770. The number of ether oxygens (including phenoxy) is 1. The molecule has 2 N–H and O–H groups in total. The maximum absolute atomic E-state index is 13.1. The summed E-state index contributed by atoms with van der Waals surface area (Å²) in [4.78, 5) is 34.8. The van der Waals surface area contributed by atoms with Gasteiger partial charge in [0.15, 0.2) is 0 Å². The predicted octanol–water partition coefficient (Wildman–Crippen LogP) is 3.76. The van der Waals surface area contributed by atoms with Gasteiger partial charge in [0.1, 0.15) is 11.6 Å². The van der Waals surface area contributed by atoms with Crippen molar-refractivity contribution >= 4 is 28.5 Å². The third-order valence-corrected chi connectivity index (χ3v) is 5.66. The first kappa shape index (κ1) is 23.0. The molecule has 2 aromatic heterocycles. The minimum Gasteiger partial charge on any atom is -0.496 e. The van der Waals surface area contributed by atoms with Gasteiger partial charge in [-0.15, -0.1) is 0 Å². The van der Waals surface area contributed by atoms with Crippen molar-refractivity contribution < 1.29 is 14.3 Å². The number of aryl methyl sites for hydroxylation is 2. The average molecular weight is 458 g/mol. The second-order valence-corrected chi connectivity index (χ2v) is 7.85. The highest BCUT2D eigenvalue weighted by Gasteiger charge is 2.19. The molecule has 0 radical (unpaired) electrons. The van der Waals surface area contributed by atoms with Crippen LogP contribution in [0.25, 0.3) is 11.0 Å². The monoisotopic (exact) mass is 457 g/mol. The summed E-state index contributed by atoms with van der Waals surface area (Å²) in [6.45, 7) is 2.48. The molecule has 4 rings (SSSR count). The Kier molecular flexibility index (Phi) is 6.87. The maximum atomic E-state index is 13.1. The lowest BCUT2D eigenvalue weighted by Crippen LogP contribution is -2.26. The fourth-order valence-corrected chi connectivity index (χ4v) is 3.93. The summed E-state index contributed by atoms with van der Waals surface area (Å²) in [6, 6.07) is 14.3. The van der Waals surface area contributed by atoms with Gasteiger partial charge in [0, 0.05) is 38.0 Å². The summed E-state index contributed by atoms with van der Waals surface area (Å²) in [5.41, 5.74) is 3.79. The number of anilines is 1. The van der Waals surface area contributed by atoms with E-state index in [9.17, 15) is 9.59 Å². The van der Waals surface area contributed by atoms with E-state index in [1.54, 1.807) is 48.8 Å². The molecular weight excluding hydrogens is 430 g/mol. The van der Waals surface area contributed by atoms with E-state index in [-0.39, 0.29) is 11.8 Å². The van der Waals surface area contributed by atoms with Crippen molar-refractivity contribution in [2.24, 2.45) is 7.05 Å². The van der Waals surface area contributed by atoms with E-state index < -0.39 is 0 Å². The van der Waals surface area contributed by atoms with E-state index in [1.165, 1.54) is 7.11 Å². The quantitative estimate of drug-likeness (QED) is 0.420. The molecule has 0 bridgehead atoms. The minimum atomic E-state index is -0.327. The smallest absolute Gasteiger partial charge is 0.259 e. The number of imidazole rings is 1. The van der Waals surface area contributed by atoms with E-state index in [2.05, 4.69) is 20.6 Å². The van der Waals surface area contributed by atoms with Crippen LogP contribution in [0.1, 0.15) is 39.0 Å². The second-order valence-electron chi connectivity index (χ2n) is 7.85. The Bertz CT molecular complexity index is 1330. The van der Waals surface area contributed by atoms with E-state index >= 15 is 0 Å². The molecule has 2 amide bonds. The van der Waals surface area contributed by atoms with Crippen molar-refractivity contribution in [2.75, 3.05) is 19.0 Å². The molecule has 0 unspecified atom stereocenters. The van der Waals surface area contributed by atoms with Crippen LogP contribution < -0.4 is 15.4 Å². The van der Waals surface area contributed by atoms with E-state index in [0.717, 1.165) is 23.3 Å². The van der Waals surface area contributed by atoms with Crippen LogP contribution >= 0.6 is 0 Å². The third kappa shape index (κ3) is 4.76. The Labute approximate surface area is 198 Å². The third-order valence-electron chi connectivity index (χ3n) is 5.66. The lowest BCUT2D eigenvalue weighted by atomic mass is 10.1. The second kappa shape index (κ2) is 10.2. The molecule has 0 saturated heterocycles. The van der Waals surface area contributed by atoms with Crippen molar-refractivity contribution in [2.45, 2.75) is 19.8 Å². The molecule has 0 atom stereocenters. The molecule has 34 heavy (non-hydrogen) atoms. The number of para-hydroxylation sites is 1. The fraction of sp³-hybridized carbons (Fsp3) is 0.231. The van der Waals surface area contributed by atoms with Crippen molar-refractivity contribution in [3.8, 4) is 5.75 Å². The summed E-state index contributed by atoms with van der Waals surface area (Å²) < 4.78 is 7.27. The molecule has 2 aromatic carbocycles. The molecule has 8 heteroatoms. The van der Waals surface area contributed by atoms with Crippen molar-refractivity contribution in [1.29, 1.82) is 0 Å². The van der Waals surface area contributed by atoms with E-state index in [4.69, 9.17) is 4.74 Å². The van der Waals surface area contributed by atoms with Crippen LogP contribution in [0.2, 0.25) is 0 Å². The summed E-state index contributed by atoms with van der Waals surface area (Å²) >= 11 is 0. The van der Waals surface area contributed by atoms with Gasteiger partial charge in [0.2, 0.25) is 0 Å². The Hall–Kier alpha value is -4.20. The number of benzene rings is 2. The van der Waals surface area contributed by atoms with Crippen LogP contribution in [0.15, 0.2) is 60.9 Å². The Balaban J connectivity index is 1.63. The van der Waals surface area contributed by atoms with Crippen molar-refractivity contribution in [3.05, 3.63) is 83.4 Å². The Morgan fingerprint density at radius 3 is 2.65 bits per heavy atom. The number of hydrogen-bond acceptors (Lipinski definition) is 5. The number of fused-ring (bicyclic) bond motifs is 1. The number of hydrogen-bond donors (Lipinski definition) is 2. The lowest BCUT2D eigenvalue weighted by molar-refractivity contribution is 0.0952. The molecule has 0 fully saturated rings. The predicted molar refractivity (Wildman–Crippen MR) is 131 cm³/mol. The molecule has 0 aliphatic carbocycles. The number of carbonyl (C=O) groups excluding carboxylic acids is 2. The van der Waals surface area contributed by atoms with Crippen LogP contribution in [0.4, 0.5) is 5.69 Å². The standard InChI is InChI=1S/C26H27N5O3/c1-4-23-29-20-14-18(25(32)28-13-11-17-8-7-12-27-16-17)15-21(24(20)31(23)2)30-26(33)19-9-5-6-10-22(19)34-3/h5-10,12,14-16H,4,11,13H2,1-3H3,(H,28,32)(H,30,33). The van der Waals surface area contributed by atoms with Gasteiger partial charge in [-0.1, -0.05) is 25.1 Å². The molecule has 4 aromatic rings. The Morgan fingerprint density at radius 2 is 1.91 bits per heavy atom. The molecule has 0 aliphatic rings. The van der Waals surface area contributed by atoms with Gasteiger partial charge in [-0.05, 0) is 42.3 Å². The fourth-order valence-electron chi connectivity index (χ4n) is 3.93. The zero-order valence-corrected chi connectivity index (χ0v) is 19.5. The number of nitrogens with zero attached hydrogens (tertiary/aromatic N) is 3. The maximum Gasteiger partial charge on any atom is 0.259 e. The van der Waals surface area contributed by atoms with Gasteiger partial charge in [-0.2, -0.15) is 0 Å². The first-order valence-electron chi connectivity index (χ1n) is 11.1. The largest absolute Gasteiger partial charge is 0.496 e. The van der Waals surface area contributed by atoms with Crippen LogP contribution in [0.3, 0.4) is 0 Å². The van der Waals surface area contributed by atoms with Crippen LogP contribution in [0, 0.1) is 0 Å². The first-order chi connectivity index (χ1) is 16.5. The highest BCUT2D eigenvalue weighted by atomic mass is 16.5. The molecule has 0 saturated carbocycles. The lowest BCUT2D eigenvalue weighted by Gasteiger charge is -2.13. The SMILES string of the molecule is CCc1nc2cc(C(=O)NCCc3cccnc3)cc(NC(=O)c3ccccc3OC)c2n1C. The first-order valence-corrected chi connectivity index (χ1v) is 11.1.